The van der Waals surface area contributed by atoms with E-state index < -0.39 is 0 Å². The van der Waals surface area contributed by atoms with Crippen molar-refractivity contribution in [2.75, 3.05) is 11.9 Å². The summed E-state index contributed by atoms with van der Waals surface area (Å²) in [6, 6.07) is 15.1. The Morgan fingerprint density at radius 3 is 2.41 bits per heavy atom. The number of anilines is 1. The molecule has 0 spiro atoms. The van der Waals surface area contributed by atoms with Crippen LogP contribution in [-0.4, -0.2) is 7.05 Å². The third-order valence-corrected chi connectivity index (χ3v) is 4.18. The summed E-state index contributed by atoms with van der Waals surface area (Å²) in [6.45, 7) is 6.43. The molecule has 116 valence electrons. The van der Waals surface area contributed by atoms with Gasteiger partial charge in [-0.3, -0.25) is 0 Å². The summed E-state index contributed by atoms with van der Waals surface area (Å²) in [5.41, 5.74) is 13.3. The number of para-hydroxylation sites is 1. The summed E-state index contributed by atoms with van der Waals surface area (Å²) in [7, 11) is 2.09. The van der Waals surface area contributed by atoms with Crippen molar-refractivity contribution < 1.29 is 0 Å². The molecule has 0 unspecified atom stereocenters. The largest absolute Gasteiger partial charge is 0.403 e. The molecule has 0 heterocycles. The highest BCUT2D eigenvalue weighted by Gasteiger charge is 2.15. The summed E-state index contributed by atoms with van der Waals surface area (Å²) >= 11 is 0. The van der Waals surface area contributed by atoms with Crippen LogP contribution in [-0.2, 0) is 6.42 Å². The number of nitrogens with two attached hydrogens (primary N) is 1. The van der Waals surface area contributed by atoms with Crippen LogP contribution in [0.1, 0.15) is 31.4 Å². The molecular formula is C20H26N2. The Hall–Kier alpha value is -2.22. The van der Waals surface area contributed by atoms with Crippen molar-refractivity contribution in [3.05, 3.63) is 65.5 Å². The van der Waals surface area contributed by atoms with E-state index in [-0.39, 0.29) is 0 Å². The van der Waals surface area contributed by atoms with Crippen LogP contribution in [0, 0.1) is 6.92 Å². The summed E-state index contributed by atoms with van der Waals surface area (Å²) in [6.07, 6.45) is 3.87. The van der Waals surface area contributed by atoms with Crippen LogP contribution in [0.2, 0.25) is 0 Å². The average Bonchev–Trinajstić information content (AvgIpc) is 2.54. The average molecular weight is 294 g/mol. The molecule has 0 bridgehead atoms. The number of allylic oxidation sites excluding steroid dienone is 1. The van der Waals surface area contributed by atoms with E-state index in [0.29, 0.717) is 0 Å². The van der Waals surface area contributed by atoms with Gasteiger partial charge >= 0.3 is 0 Å². The fraction of sp³-hybridized carbons (Fsp3) is 0.300. The predicted octanol–water partition coefficient (Wildman–Crippen LogP) is 4.87. The molecule has 0 saturated carbocycles. The van der Waals surface area contributed by atoms with Crippen LogP contribution in [0.3, 0.4) is 0 Å². The predicted molar refractivity (Wildman–Crippen MR) is 97.0 cm³/mol. The monoisotopic (exact) mass is 294 g/mol. The lowest BCUT2D eigenvalue weighted by Gasteiger charge is -2.26. The number of aryl methyl sites for hydroxylation is 2. The molecule has 0 aliphatic rings. The Morgan fingerprint density at radius 2 is 1.77 bits per heavy atom. The van der Waals surface area contributed by atoms with Crippen molar-refractivity contribution >= 4 is 5.69 Å². The molecule has 2 aromatic carbocycles. The SMILES string of the molecule is CCCc1cccc(-c2ccccc2C)c1N(C)/C(C)=C\N. The van der Waals surface area contributed by atoms with Crippen molar-refractivity contribution in [3.8, 4) is 11.1 Å². The minimum Gasteiger partial charge on any atom is -0.403 e. The summed E-state index contributed by atoms with van der Waals surface area (Å²) in [5, 5.41) is 0. The third kappa shape index (κ3) is 3.16. The van der Waals surface area contributed by atoms with Gasteiger partial charge in [0.2, 0.25) is 0 Å². The quantitative estimate of drug-likeness (QED) is 0.852. The minimum absolute atomic E-state index is 1.05. The Balaban J connectivity index is 2.69. The van der Waals surface area contributed by atoms with E-state index in [4.69, 9.17) is 5.73 Å². The van der Waals surface area contributed by atoms with E-state index in [2.05, 4.69) is 68.3 Å². The zero-order valence-corrected chi connectivity index (χ0v) is 14.1. The maximum absolute atomic E-state index is 5.75. The van der Waals surface area contributed by atoms with Crippen LogP contribution in [0.15, 0.2) is 54.4 Å². The Bertz CT molecular complexity index is 671. The van der Waals surface area contributed by atoms with Gasteiger partial charge in [-0.15, -0.1) is 0 Å². The van der Waals surface area contributed by atoms with Crippen LogP contribution in [0.5, 0.6) is 0 Å². The molecule has 0 aliphatic heterocycles. The lowest BCUT2D eigenvalue weighted by molar-refractivity contribution is 0.911. The van der Waals surface area contributed by atoms with Gasteiger partial charge in [0.15, 0.2) is 0 Å². The molecular weight excluding hydrogens is 268 g/mol. The van der Waals surface area contributed by atoms with E-state index >= 15 is 0 Å². The first kappa shape index (κ1) is 16.2. The number of nitrogens with zero attached hydrogens (tertiary/aromatic N) is 1. The Kier molecular flexibility index (Phi) is 5.26. The van der Waals surface area contributed by atoms with Crippen LogP contribution in [0.4, 0.5) is 5.69 Å². The highest BCUT2D eigenvalue weighted by Crippen LogP contribution is 2.37. The first-order valence-electron chi connectivity index (χ1n) is 7.90. The number of hydrogen-bond acceptors (Lipinski definition) is 2. The van der Waals surface area contributed by atoms with Gasteiger partial charge < -0.3 is 10.6 Å². The van der Waals surface area contributed by atoms with E-state index in [1.165, 1.54) is 27.9 Å². The molecule has 2 nitrogen and oxygen atoms in total. The smallest absolute Gasteiger partial charge is 0.0518 e. The van der Waals surface area contributed by atoms with Gasteiger partial charge in [-0.25, -0.2) is 0 Å². The maximum Gasteiger partial charge on any atom is 0.0518 e. The molecule has 0 saturated heterocycles. The van der Waals surface area contributed by atoms with E-state index in [0.717, 1.165) is 18.5 Å². The molecule has 0 aliphatic carbocycles. The molecule has 0 fully saturated rings. The van der Waals surface area contributed by atoms with Crippen molar-refractivity contribution in [1.29, 1.82) is 0 Å². The topological polar surface area (TPSA) is 29.3 Å². The normalized spacial score (nSPS) is 11.5. The second-order valence-electron chi connectivity index (χ2n) is 5.75. The van der Waals surface area contributed by atoms with E-state index in [1.54, 1.807) is 6.20 Å². The molecule has 0 atom stereocenters. The summed E-state index contributed by atoms with van der Waals surface area (Å²) < 4.78 is 0. The summed E-state index contributed by atoms with van der Waals surface area (Å²) in [4.78, 5) is 2.20. The maximum atomic E-state index is 5.75. The second-order valence-corrected chi connectivity index (χ2v) is 5.75. The molecule has 2 N–H and O–H groups in total. The second kappa shape index (κ2) is 7.17. The zero-order chi connectivity index (χ0) is 16.1. The lowest BCUT2D eigenvalue weighted by Crippen LogP contribution is -2.18. The Labute approximate surface area is 134 Å². The van der Waals surface area contributed by atoms with Crippen molar-refractivity contribution in [1.82, 2.24) is 0 Å². The van der Waals surface area contributed by atoms with Crippen molar-refractivity contribution in [2.45, 2.75) is 33.6 Å². The molecule has 0 amide bonds. The molecule has 2 aromatic rings. The van der Waals surface area contributed by atoms with Gasteiger partial charge in [-0.05, 0) is 37.0 Å². The summed E-state index contributed by atoms with van der Waals surface area (Å²) in [5.74, 6) is 0. The lowest BCUT2D eigenvalue weighted by atomic mass is 9.94. The van der Waals surface area contributed by atoms with Gasteiger partial charge in [0.1, 0.15) is 0 Å². The van der Waals surface area contributed by atoms with Crippen molar-refractivity contribution in [3.63, 3.8) is 0 Å². The molecule has 0 aromatic heterocycles. The zero-order valence-electron chi connectivity index (χ0n) is 14.1. The number of benzene rings is 2. The van der Waals surface area contributed by atoms with Crippen LogP contribution >= 0.6 is 0 Å². The fourth-order valence-corrected chi connectivity index (χ4v) is 2.84. The van der Waals surface area contributed by atoms with Crippen molar-refractivity contribution in [2.24, 2.45) is 5.73 Å². The minimum atomic E-state index is 1.05. The van der Waals surface area contributed by atoms with E-state index in [9.17, 15) is 0 Å². The molecule has 0 radical (unpaired) electrons. The number of rotatable bonds is 5. The molecule has 2 rings (SSSR count). The third-order valence-electron chi connectivity index (χ3n) is 4.18. The van der Waals surface area contributed by atoms with Gasteiger partial charge in [-0.1, -0.05) is 55.8 Å². The van der Waals surface area contributed by atoms with Gasteiger partial charge in [0, 0.05) is 24.5 Å². The van der Waals surface area contributed by atoms with E-state index in [1.807, 2.05) is 6.92 Å². The highest BCUT2D eigenvalue weighted by molar-refractivity contribution is 5.83. The first-order chi connectivity index (χ1) is 10.6. The van der Waals surface area contributed by atoms with Gasteiger partial charge in [0.25, 0.3) is 0 Å². The van der Waals surface area contributed by atoms with Gasteiger partial charge in [-0.2, -0.15) is 0 Å². The van der Waals surface area contributed by atoms with Crippen LogP contribution < -0.4 is 10.6 Å². The molecule has 22 heavy (non-hydrogen) atoms. The number of hydrogen-bond donors (Lipinski definition) is 1. The molecule has 2 heteroatoms. The highest BCUT2D eigenvalue weighted by atomic mass is 15.1. The fourth-order valence-electron chi connectivity index (χ4n) is 2.84. The Morgan fingerprint density at radius 1 is 1.09 bits per heavy atom. The van der Waals surface area contributed by atoms with Gasteiger partial charge in [0.05, 0.1) is 5.69 Å². The van der Waals surface area contributed by atoms with Crippen LogP contribution in [0.25, 0.3) is 11.1 Å². The standard InChI is InChI=1S/C20H26N2/c1-5-9-17-11-8-13-19(18-12-7-6-10-15(18)2)20(17)22(4)16(3)14-21/h6-8,10-14H,5,9,21H2,1-4H3/b16-14-. The first-order valence-corrected chi connectivity index (χ1v) is 7.90.